The minimum atomic E-state index is -0.671. The summed E-state index contributed by atoms with van der Waals surface area (Å²) in [7, 11) is 1.79. The molecule has 1 atom stereocenters. The van der Waals surface area contributed by atoms with Gasteiger partial charge in [0.15, 0.2) is 5.84 Å². The third kappa shape index (κ3) is 3.46. The van der Waals surface area contributed by atoms with Crippen LogP contribution in [0, 0.1) is 11.8 Å². The zero-order valence-electron chi connectivity index (χ0n) is 11.7. The van der Waals surface area contributed by atoms with E-state index in [2.05, 4.69) is 15.6 Å². The Labute approximate surface area is 112 Å². The molecule has 7 nitrogen and oxygen atoms in total. The van der Waals surface area contributed by atoms with Crippen LogP contribution in [0.15, 0.2) is 11.4 Å². The lowest BCUT2D eigenvalue weighted by Gasteiger charge is -2.18. The van der Waals surface area contributed by atoms with Gasteiger partial charge in [-0.3, -0.25) is 9.48 Å². The van der Waals surface area contributed by atoms with Crippen molar-refractivity contribution in [3.8, 4) is 0 Å². The van der Waals surface area contributed by atoms with Gasteiger partial charge >= 0.3 is 0 Å². The maximum atomic E-state index is 12.2. The highest BCUT2D eigenvalue weighted by Crippen LogP contribution is 2.18. The van der Waals surface area contributed by atoms with Crippen molar-refractivity contribution in [1.82, 2.24) is 9.78 Å². The van der Waals surface area contributed by atoms with E-state index in [9.17, 15) is 4.79 Å². The first-order valence-corrected chi connectivity index (χ1v) is 6.21. The number of carbonyl (C=O) groups excluding carboxylic acids is 1. The van der Waals surface area contributed by atoms with E-state index in [1.807, 2.05) is 20.8 Å². The number of rotatable bonds is 5. The van der Waals surface area contributed by atoms with E-state index in [0.29, 0.717) is 12.1 Å². The second-order valence-corrected chi connectivity index (χ2v) is 4.75. The SMILES string of the molecule is CCc1nn(C)cc1NC(=O)C(/C(N)=N/O)C(C)C. The highest BCUT2D eigenvalue weighted by Gasteiger charge is 2.27. The standard InChI is InChI=1S/C12H21N5O2/c1-5-8-9(6-17(4)15-8)14-12(18)10(7(2)3)11(13)16-19/h6-7,10,19H,5H2,1-4H3,(H2,13,16)(H,14,18). The van der Waals surface area contributed by atoms with Gasteiger partial charge in [0.25, 0.3) is 0 Å². The molecule has 7 heteroatoms. The number of carbonyl (C=O) groups is 1. The lowest BCUT2D eigenvalue weighted by atomic mass is 9.94. The molecule has 1 unspecified atom stereocenters. The number of aryl methyl sites for hydroxylation is 2. The highest BCUT2D eigenvalue weighted by molar-refractivity contribution is 6.08. The maximum Gasteiger partial charge on any atom is 0.235 e. The number of aromatic nitrogens is 2. The van der Waals surface area contributed by atoms with Gasteiger partial charge in [-0.1, -0.05) is 25.9 Å². The molecule has 0 fully saturated rings. The molecular formula is C12H21N5O2. The summed E-state index contributed by atoms with van der Waals surface area (Å²) in [5, 5.41) is 18.7. The van der Waals surface area contributed by atoms with Crippen molar-refractivity contribution in [2.45, 2.75) is 27.2 Å². The summed E-state index contributed by atoms with van der Waals surface area (Å²) < 4.78 is 1.64. The molecule has 0 saturated heterocycles. The molecule has 0 bridgehead atoms. The fourth-order valence-electron chi connectivity index (χ4n) is 1.95. The number of amides is 1. The van der Waals surface area contributed by atoms with E-state index in [1.54, 1.807) is 17.9 Å². The van der Waals surface area contributed by atoms with Gasteiger partial charge in [0.05, 0.1) is 11.4 Å². The monoisotopic (exact) mass is 267 g/mol. The van der Waals surface area contributed by atoms with Gasteiger partial charge in [-0.15, -0.1) is 0 Å². The third-order valence-electron chi connectivity index (χ3n) is 2.88. The molecule has 0 aromatic carbocycles. The summed E-state index contributed by atoms with van der Waals surface area (Å²) in [6.45, 7) is 5.64. The molecule has 1 aromatic heterocycles. The van der Waals surface area contributed by atoms with Crippen LogP contribution in [0.1, 0.15) is 26.5 Å². The quantitative estimate of drug-likeness (QED) is 0.319. The first kappa shape index (κ1) is 15.0. The predicted molar refractivity (Wildman–Crippen MR) is 73.0 cm³/mol. The first-order valence-electron chi connectivity index (χ1n) is 6.21. The number of amidine groups is 1. The van der Waals surface area contributed by atoms with Crippen molar-refractivity contribution < 1.29 is 10.0 Å². The summed E-state index contributed by atoms with van der Waals surface area (Å²) in [5.41, 5.74) is 7.03. The molecule has 0 spiro atoms. The van der Waals surface area contributed by atoms with Crippen LogP contribution in [-0.4, -0.2) is 26.7 Å². The molecule has 1 aromatic rings. The zero-order valence-corrected chi connectivity index (χ0v) is 11.7. The van der Waals surface area contributed by atoms with Gasteiger partial charge < -0.3 is 16.3 Å². The van der Waals surface area contributed by atoms with Crippen LogP contribution in [0.25, 0.3) is 0 Å². The van der Waals surface area contributed by atoms with Gasteiger partial charge in [-0.05, 0) is 12.3 Å². The average Bonchev–Trinajstić information content (AvgIpc) is 2.68. The fraction of sp³-hybridized carbons (Fsp3) is 0.583. The largest absolute Gasteiger partial charge is 0.409 e. The van der Waals surface area contributed by atoms with Crippen molar-refractivity contribution in [3.63, 3.8) is 0 Å². The van der Waals surface area contributed by atoms with Crippen molar-refractivity contribution in [2.24, 2.45) is 29.8 Å². The highest BCUT2D eigenvalue weighted by atomic mass is 16.4. The van der Waals surface area contributed by atoms with Crippen molar-refractivity contribution in [3.05, 3.63) is 11.9 Å². The van der Waals surface area contributed by atoms with Crippen LogP contribution in [0.3, 0.4) is 0 Å². The first-order chi connectivity index (χ1) is 8.90. The molecule has 1 rings (SSSR count). The molecule has 0 aliphatic carbocycles. The van der Waals surface area contributed by atoms with E-state index in [4.69, 9.17) is 10.9 Å². The second-order valence-electron chi connectivity index (χ2n) is 4.75. The minimum Gasteiger partial charge on any atom is -0.409 e. The van der Waals surface area contributed by atoms with Crippen LogP contribution in [0.4, 0.5) is 5.69 Å². The molecule has 19 heavy (non-hydrogen) atoms. The van der Waals surface area contributed by atoms with Gasteiger partial charge in [0.1, 0.15) is 5.92 Å². The van der Waals surface area contributed by atoms with Crippen LogP contribution in [0.2, 0.25) is 0 Å². The second kappa shape index (κ2) is 6.21. The molecule has 0 radical (unpaired) electrons. The van der Waals surface area contributed by atoms with Crippen LogP contribution in [-0.2, 0) is 18.3 Å². The molecular weight excluding hydrogens is 246 g/mol. The number of nitrogens with one attached hydrogen (secondary N) is 1. The van der Waals surface area contributed by atoms with Crippen LogP contribution < -0.4 is 11.1 Å². The Morgan fingerprint density at radius 2 is 2.26 bits per heavy atom. The van der Waals surface area contributed by atoms with Gasteiger partial charge in [0, 0.05) is 13.2 Å². The van der Waals surface area contributed by atoms with Crippen molar-refractivity contribution >= 4 is 17.4 Å². The van der Waals surface area contributed by atoms with E-state index in [-0.39, 0.29) is 17.7 Å². The Morgan fingerprint density at radius 1 is 1.63 bits per heavy atom. The summed E-state index contributed by atoms with van der Waals surface area (Å²) in [4.78, 5) is 12.2. The van der Waals surface area contributed by atoms with Gasteiger partial charge in [-0.25, -0.2) is 0 Å². The Bertz CT molecular complexity index is 478. The smallest absolute Gasteiger partial charge is 0.235 e. The van der Waals surface area contributed by atoms with Crippen molar-refractivity contribution in [1.29, 1.82) is 0 Å². The number of oxime groups is 1. The van der Waals surface area contributed by atoms with E-state index in [1.165, 1.54) is 0 Å². The van der Waals surface area contributed by atoms with Crippen LogP contribution in [0.5, 0.6) is 0 Å². The zero-order chi connectivity index (χ0) is 14.6. The summed E-state index contributed by atoms with van der Waals surface area (Å²) in [6.07, 6.45) is 2.45. The number of anilines is 1. The van der Waals surface area contributed by atoms with Gasteiger partial charge in [0.2, 0.25) is 5.91 Å². The number of nitrogens with zero attached hydrogens (tertiary/aromatic N) is 3. The third-order valence-corrected chi connectivity index (χ3v) is 2.88. The lowest BCUT2D eigenvalue weighted by molar-refractivity contribution is -0.119. The van der Waals surface area contributed by atoms with E-state index >= 15 is 0 Å². The molecule has 4 N–H and O–H groups in total. The van der Waals surface area contributed by atoms with E-state index in [0.717, 1.165) is 5.69 Å². The molecule has 0 aliphatic heterocycles. The number of nitrogens with two attached hydrogens (primary N) is 1. The minimum absolute atomic E-state index is 0.0716. The Morgan fingerprint density at radius 3 is 2.74 bits per heavy atom. The summed E-state index contributed by atoms with van der Waals surface area (Å²) in [5.74, 6) is -1.13. The predicted octanol–water partition coefficient (Wildman–Crippen LogP) is 0.940. The Balaban J connectivity index is 2.93. The Hall–Kier alpha value is -2.05. The molecule has 1 amide bonds. The van der Waals surface area contributed by atoms with Crippen molar-refractivity contribution in [2.75, 3.05) is 5.32 Å². The maximum absolute atomic E-state index is 12.2. The average molecular weight is 267 g/mol. The normalized spacial score (nSPS) is 13.6. The molecule has 0 aliphatic rings. The van der Waals surface area contributed by atoms with E-state index < -0.39 is 5.92 Å². The summed E-state index contributed by atoms with van der Waals surface area (Å²) >= 11 is 0. The lowest BCUT2D eigenvalue weighted by Crippen LogP contribution is -2.38. The Kier molecular flexibility index (Phi) is 4.91. The fourth-order valence-corrected chi connectivity index (χ4v) is 1.95. The number of hydrogen-bond acceptors (Lipinski definition) is 4. The number of hydrogen-bond donors (Lipinski definition) is 3. The molecule has 106 valence electrons. The molecule has 1 heterocycles. The van der Waals surface area contributed by atoms with Gasteiger partial charge in [-0.2, -0.15) is 5.10 Å². The van der Waals surface area contributed by atoms with Crippen LogP contribution >= 0.6 is 0 Å². The molecule has 0 saturated carbocycles. The summed E-state index contributed by atoms with van der Waals surface area (Å²) in [6, 6.07) is 0. The topological polar surface area (TPSA) is 106 Å².